The van der Waals surface area contributed by atoms with Gasteiger partial charge >= 0.3 is 12.1 Å². The van der Waals surface area contributed by atoms with Crippen LogP contribution in [0, 0.1) is 0 Å². The SMILES string of the molecule is CC(C)(C)OC(=O)NC1CCOc2cccc(C(=O)O)c21. The fourth-order valence-corrected chi connectivity index (χ4v) is 2.24. The summed E-state index contributed by atoms with van der Waals surface area (Å²) >= 11 is 0. The number of carboxylic acid groups (broad SMARTS) is 1. The molecule has 1 aliphatic rings. The van der Waals surface area contributed by atoms with Crippen molar-refractivity contribution in [2.45, 2.75) is 38.8 Å². The van der Waals surface area contributed by atoms with Crippen LogP contribution in [0.5, 0.6) is 5.75 Å². The van der Waals surface area contributed by atoms with Gasteiger partial charge < -0.3 is 19.9 Å². The smallest absolute Gasteiger partial charge is 0.408 e. The first-order valence-electron chi connectivity index (χ1n) is 6.76. The molecular weight excluding hydrogens is 274 g/mol. The lowest BCUT2D eigenvalue weighted by Crippen LogP contribution is -2.37. The van der Waals surface area contributed by atoms with E-state index >= 15 is 0 Å². The van der Waals surface area contributed by atoms with E-state index in [1.54, 1.807) is 32.9 Å². The molecule has 0 saturated heterocycles. The van der Waals surface area contributed by atoms with Gasteiger partial charge in [0.05, 0.1) is 18.2 Å². The molecule has 0 aromatic heterocycles. The first kappa shape index (κ1) is 15.2. The van der Waals surface area contributed by atoms with Crippen molar-refractivity contribution in [1.29, 1.82) is 0 Å². The van der Waals surface area contributed by atoms with Crippen LogP contribution in [-0.2, 0) is 4.74 Å². The van der Waals surface area contributed by atoms with E-state index in [9.17, 15) is 14.7 Å². The highest BCUT2D eigenvalue weighted by molar-refractivity contribution is 5.90. The largest absolute Gasteiger partial charge is 0.493 e. The first-order chi connectivity index (χ1) is 9.78. The second-order valence-corrected chi connectivity index (χ2v) is 5.86. The summed E-state index contributed by atoms with van der Waals surface area (Å²) in [4.78, 5) is 23.2. The second-order valence-electron chi connectivity index (χ2n) is 5.86. The van der Waals surface area contributed by atoms with Gasteiger partial charge in [-0.1, -0.05) is 6.07 Å². The van der Waals surface area contributed by atoms with E-state index in [1.807, 2.05) is 0 Å². The second kappa shape index (κ2) is 5.63. The number of carboxylic acids is 1. The summed E-state index contributed by atoms with van der Waals surface area (Å²) in [7, 11) is 0. The number of aromatic carboxylic acids is 1. The van der Waals surface area contributed by atoms with Crippen LogP contribution in [-0.4, -0.2) is 29.4 Å². The molecule has 0 spiro atoms. The molecule has 2 N–H and O–H groups in total. The van der Waals surface area contributed by atoms with Crippen LogP contribution in [0.3, 0.4) is 0 Å². The van der Waals surface area contributed by atoms with Crippen molar-refractivity contribution in [1.82, 2.24) is 5.32 Å². The lowest BCUT2D eigenvalue weighted by Gasteiger charge is -2.29. The number of fused-ring (bicyclic) bond motifs is 1. The zero-order chi connectivity index (χ0) is 15.6. The van der Waals surface area contributed by atoms with Gasteiger partial charge in [0, 0.05) is 12.0 Å². The fraction of sp³-hybridized carbons (Fsp3) is 0.467. The summed E-state index contributed by atoms with van der Waals surface area (Å²) < 4.78 is 10.7. The molecule has 1 unspecified atom stereocenters. The van der Waals surface area contributed by atoms with Crippen molar-refractivity contribution in [3.8, 4) is 5.75 Å². The maximum Gasteiger partial charge on any atom is 0.408 e. The predicted octanol–water partition coefficient (Wildman–Crippen LogP) is 2.73. The Hall–Kier alpha value is -2.24. The monoisotopic (exact) mass is 293 g/mol. The molecule has 1 aliphatic heterocycles. The van der Waals surface area contributed by atoms with Gasteiger partial charge in [0.25, 0.3) is 0 Å². The van der Waals surface area contributed by atoms with Crippen LogP contribution >= 0.6 is 0 Å². The van der Waals surface area contributed by atoms with Gasteiger partial charge in [0.15, 0.2) is 0 Å². The van der Waals surface area contributed by atoms with Crippen LogP contribution in [0.4, 0.5) is 4.79 Å². The molecular formula is C15H19NO5. The molecule has 0 fully saturated rings. The standard InChI is InChI=1S/C15H19NO5/c1-15(2,3)21-14(19)16-10-7-8-20-11-6-4-5-9(12(10)11)13(17)18/h4-6,10H,7-8H2,1-3H3,(H,16,19)(H,17,18). The Morgan fingerprint density at radius 3 is 2.71 bits per heavy atom. The Morgan fingerprint density at radius 1 is 1.38 bits per heavy atom. The van der Waals surface area contributed by atoms with Crippen molar-refractivity contribution in [2.75, 3.05) is 6.61 Å². The van der Waals surface area contributed by atoms with Gasteiger partial charge in [0.1, 0.15) is 11.4 Å². The summed E-state index contributed by atoms with van der Waals surface area (Å²) in [6.45, 7) is 5.73. The van der Waals surface area contributed by atoms with Crippen molar-refractivity contribution >= 4 is 12.1 Å². The highest BCUT2D eigenvalue weighted by Gasteiger charge is 2.29. The number of carbonyl (C=O) groups excluding carboxylic acids is 1. The van der Waals surface area contributed by atoms with Crippen LogP contribution in [0.2, 0.25) is 0 Å². The molecule has 1 amide bonds. The zero-order valence-electron chi connectivity index (χ0n) is 12.3. The number of hydrogen-bond acceptors (Lipinski definition) is 4. The molecule has 1 atom stereocenters. The van der Waals surface area contributed by atoms with E-state index in [2.05, 4.69) is 5.32 Å². The molecule has 21 heavy (non-hydrogen) atoms. The number of ether oxygens (including phenoxy) is 2. The number of nitrogens with one attached hydrogen (secondary N) is 1. The van der Waals surface area contributed by atoms with E-state index < -0.39 is 23.7 Å². The van der Waals surface area contributed by atoms with Gasteiger partial charge in [0.2, 0.25) is 0 Å². The van der Waals surface area contributed by atoms with E-state index in [4.69, 9.17) is 9.47 Å². The predicted molar refractivity (Wildman–Crippen MR) is 75.6 cm³/mol. The Bertz CT molecular complexity index is 562. The average Bonchev–Trinajstić information content (AvgIpc) is 2.35. The number of alkyl carbamates (subject to hydrolysis) is 1. The van der Waals surface area contributed by atoms with Gasteiger partial charge in [-0.15, -0.1) is 0 Å². The molecule has 1 aromatic rings. The van der Waals surface area contributed by atoms with E-state index in [1.165, 1.54) is 6.07 Å². The minimum absolute atomic E-state index is 0.133. The van der Waals surface area contributed by atoms with E-state index in [0.717, 1.165) is 0 Å². The third-order valence-corrected chi connectivity index (χ3v) is 3.00. The molecule has 6 heteroatoms. The topological polar surface area (TPSA) is 84.9 Å². The maximum absolute atomic E-state index is 11.9. The van der Waals surface area contributed by atoms with Crippen LogP contribution in [0.1, 0.15) is 49.2 Å². The van der Waals surface area contributed by atoms with Crippen molar-refractivity contribution in [2.24, 2.45) is 0 Å². The van der Waals surface area contributed by atoms with Gasteiger partial charge in [-0.25, -0.2) is 9.59 Å². The lowest BCUT2D eigenvalue weighted by molar-refractivity contribution is 0.0486. The number of benzene rings is 1. The van der Waals surface area contributed by atoms with Crippen LogP contribution < -0.4 is 10.1 Å². The first-order valence-corrected chi connectivity index (χ1v) is 6.76. The van der Waals surface area contributed by atoms with Crippen LogP contribution in [0.15, 0.2) is 18.2 Å². The third-order valence-electron chi connectivity index (χ3n) is 3.00. The highest BCUT2D eigenvalue weighted by atomic mass is 16.6. The van der Waals surface area contributed by atoms with Crippen molar-refractivity contribution in [3.63, 3.8) is 0 Å². The highest BCUT2D eigenvalue weighted by Crippen LogP contribution is 2.35. The van der Waals surface area contributed by atoms with Gasteiger partial charge in [-0.3, -0.25) is 0 Å². The van der Waals surface area contributed by atoms with Crippen molar-refractivity contribution in [3.05, 3.63) is 29.3 Å². The van der Waals surface area contributed by atoms with Crippen molar-refractivity contribution < 1.29 is 24.2 Å². The summed E-state index contributed by atoms with van der Waals surface area (Å²) in [6.07, 6.45) is -0.0724. The normalized spacial score (nSPS) is 17.4. The fourth-order valence-electron chi connectivity index (χ4n) is 2.24. The molecule has 1 heterocycles. The number of amides is 1. The molecule has 2 rings (SSSR count). The van der Waals surface area contributed by atoms with Gasteiger partial charge in [-0.05, 0) is 32.9 Å². The Labute approximate surface area is 123 Å². The third kappa shape index (κ3) is 3.65. The summed E-state index contributed by atoms with van der Waals surface area (Å²) in [6, 6.07) is 4.39. The average molecular weight is 293 g/mol. The Kier molecular flexibility index (Phi) is 4.06. The quantitative estimate of drug-likeness (QED) is 0.875. The van der Waals surface area contributed by atoms with Crippen LogP contribution in [0.25, 0.3) is 0 Å². The molecule has 1 aromatic carbocycles. The number of rotatable bonds is 2. The number of hydrogen-bond donors (Lipinski definition) is 2. The Balaban J connectivity index is 2.25. The minimum Gasteiger partial charge on any atom is -0.493 e. The van der Waals surface area contributed by atoms with E-state index in [0.29, 0.717) is 24.3 Å². The molecule has 114 valence electrons. The molecule has 0 radical (unpaired) electrons. The Morgan fingerprint density at radius 2 is 2.10 bits per heavy atom. The summed E-state index contributed by atoms with van der Waals surface area (Å²) in [5.74, 6) is -0.560. The molecule has 0 saturated carbocycles. The zero-order valence-corrected chi connectivity index (χ0v) is 12.3. The molecule has 6 nitrogen and oxygen atoms in total. The summed E-state index contributed by atoms with van der Waals surface area (Å²) in [5.41, 5.74) is 0.0140. The lowest BCUT2D eigenvalue weighted by atomic mass is 9.95. The van der Waals surface area contributed by atoms with Gasteiger partial charge in [-0.2, -0.15) is 0 Å². The van der Waals surface area contributed by atoms with E-state index in [-0.39, 0.29) is 5.56 Å². The molecule has 0 bridgehead atoms. The number of carbonyl (C=O) groups is 2. The molecule has 0 aliphatic carbocycles. The maximum atomic E-state index is 11.9. The summed E-state index contributed by atoms with van der Waals surface area (Å²) in [5, 5.41) is 12.0. The minimum atomic E-state index is -1.05.